The Morgan fingerprint density at radius 2 is 1.71 bits per heavy atom. The van der Waals surface area contributed by atoms with Crippen LogP contribution in [0.25, 0.3) is 11.0 Å². The normalized spacial score (nSPS) is 13.0. The first-order chi connectivity index (χ1) is 16.9. The van der Waals surface area contributed by atoms with Crippen molar-refractivity contribution >= 4 is 34.3 Å². The smallest absolute Gasteiger partial charge is 0.323 e. The number of amides is 3. The third-order valence-corrected chi connectivity index (χ3v) is 6.14. The summed E-state index contributed by atoms with van der Waals surface area (Å²) in [4.78, 5) is 30.4. The Balaban J connectivity index is 1.28. The highest BCUT2D eigenvalue weighted by Gasteiger charge is 2.28. The summed E-state index contributed by atoms with van der Waals surface area (Å²) in [5.41, 5.74) is 6.40. The summed E-state index contributed by atoms with van der Waals surface area (Å²) in [5.74, 6) is 0.265. The molecule has 1 saturated carbocycles. The van der Waals surface area contributed by atoms with Crippen LogP contribution in [0.2, 0.25) is 0 Å². The van der Waals surface area contributed by atoms with Crippen molar-refractivity contribution in [2.75, 3.05) is 10.6 Å². The lowest BCUT2D eigenvalue weighted by molar-refractivity contribution is 0.0952. The second-order valence-electron chi connectivity index (χ2n) is 9.11. The first kappa shape index (κ1) is 22.6. The van der Waals surface area contributed by atoms with Crippen LogP contribution < -0.4 is 16.0 Å². The minimum absolute atomic E-state index is 0.161. The molecule has 35 heavy (non-hydrogen) atoms. The fraction of sp³-hybridized carbons (Fsp3) is 0.259. The van der Waals surface area contributed by atoms with Gasteiger partial charge >= 0.3 is 6.03 Å². The number of nitrogens with one attached hydrogen (secondary N) is 3. The zero-order valence-corrected chi connectivity index (χ0v) is 20.1. The number of carbonyl (C=O) groups excluding carboxylic acids is 2. The minimum Gasteiger partial charge on any atom is -0.348 e. The molecule has 8 nitrogen and oxygen atoms in total. The maximum Gasteiger partial charge on any atom is 0.323 e. The van der Waals surface area contributed by atoms with Gasteiger partial charge in [0.2, 0.25) is 0 Å². The molecule has 0 aliphatic heterocycles. The van der Waals surface area contributed by atoms with E-state index in [1.54, 1.807) is 4.68 Å². The zero-order chi connectivity index (χ0) is 24.5. The average Bonchev–Trinajstić information content (AvgIpc) is 3.63. The van der Waals surface area contributed by atoms with Gasteiger partial charge in [0.25, 0.3) is 5.91 Å². The van der Waals surface area contributed by atoms with Gasteiger partial charge in [0.15, 0.2) is 5.65 Å². The van der Waals surface area contributed by atoms with Gasteiger partial charge in [-0.3, -0.25) is 9.48 Å². The van der Waals surface area contributed by atoms with Crippen LogP contribution in [0.5, 0.6) is 0 Å². The molecule has 0 bridgehead atoms. The molecule has 178 valence electrons. The molecule has 0 saturated heterocycles. The second-order valence-corrected chi connectivity index (χ2v) is 9.11. The molecule has 2 aromatic carbocycles. The Kier molecular flexibility index (Phi) is 5.94. The molecule has 0 spiro atoms. The molecule has 3 N–H and O–H groups in total. The number of aromatic nitrogens is 3. The highest BCUT2D eigenvalue weighted by atomic mass is 16.2. The van der Waals surface area contributed by atoms with Gasteiger partial charge in [-0.15, -0.1) is 0 Å². The third kappa shape index (κ3) is 5.01. The molecule has 2 aromatic heterocycles. The van der Waals surface area contributed by atoms with E-state index >= 15 is 0 Å². The summed E-state index contributed by atoms with van der Waals surface area (Å²) < 4.78 is 1.74. The average molecular weight is 469 g/mol. The molecule has 4 aromatic rings. The van der Waals surface area contributed by atoms with Crippen LogP contribution in [0, 0.1) is 13.8 Å². The van der Waals surface area contributed by atoms with Crippen molar-refractivity contribution in [3.05, 3.63) is 82.7 Å². The van der Waals surface area contributed by atoms with E-state index < -0.39 is 0 Å². The highest BCUT2D eigenvalue weighted by molar-refractivity contribution is 6.06. The SMILES string of the molecule is Cc1cccc(NC(=O)Nc2cccc(CNC(=O)c3cc(C4CC4)nc4c3c(C)nn4C)c2)c1. The molecule has 2 heterocycles. The van der Waals surface area contributed by atoms with Crippen LogP contribution in [0.3, 0.4) is 0 Å². The largest absolute Gasteiger partial charge is 0.348 e. The van der Waals surface area contributed by atoms with Gasteiger partial charge in [-0.05, 0) is 68.1 Å². The van der Waals surface area contributed by atoms with Crippen LogP contribution in [0.1, 0.15) is 51.6 Å². The predicted molar refractivity (Wildman–Crippen MR) is 137 cm³/mol. The Labute approximate surface area is 203 Å². The number of hydrogen-bond acceptors (Lipinski definition) is 4. The Morgan fingerprint density at radius 1 is 1.00 bits per heavy atom. The van der Waals surface area contributed by atoms with Crippen LogP contribution in [0.15, 0.2) is 54.6 Å². The maximum atomic E-state index is 13.2. The third-order valence-electron chi connectivity index (χ3n) is 6.14. The lowest BCUT2D eigenvalue weighted by atomic mass is 10.1. The van der Waals surface area contributed by atoms with E-state index in [1.807, 2.05) is 75.5 Å². The molecule has 1 fully saturated rings. The van der Waals surface area contributed by atoms with Crippen molar-refractivity contribution in [3.8, 4) is 0 Å². The minimum atomic E-state index is -0.323. The van der Waals surface area contributed by atoms with E-state index in [0.717, 1.165) is 52.1 Å². The topological polar surface area (TPSA) is 101 Å². The summed E-state index contributed by atoms with van der Waals surface area (Å²) in [6.07, 6.45) is 2.21. The van der Waals surface area contributed by atoms with Crippen molar-refractivity contribution < 1.29 is 9.59 Å². The van der Waals surface area contributed by atoms with E-state index in [1.165, 1.54) is 0 Å². The molecule has 1 aliphatic carbocycles. The summed E-state index contributed by atoms with van der Waals surface area (Å²) in [6, 6.07) is 16.6. The van der Waals surface area contributed by atoms with Gasteiger partial charge in [0.1, 0.15) is 0 Å². The number of benzene rings is 2. The number of hydrogen-bond donors (Lipinski definition) is 3. The van der Waals surface area contributed by atoms with E-state index in [4.69, 9.17) is 4.98 Å². The van der Waals surface area contributed by atoms with Gasteiger partial charge in [0, 0.05) is 36.6 Å². The van der Waals surface area contributed by atoms with Gasteiger partial charge in [0.05, 0.1) is 16.6 Å². The van der Waals surface area contributed by atoms with E-state index in [-0.39, 0.29) is 11.9 Å². The fourth-order valence-corrected chi connectivity index (χ4v) is 4.28. The van der Waals surface area contributed by atoms with E-state index in [2.05, 4.69) is 21.0 Å². The van der Waals surface area contributed by atoms with Gasteiger partial charge in [-0.2, -0.15) is 5.10 Å². The zero-order valence-electron chi connectivity index (χ0n) is 20.1. The summed E-state index contributed by atoms with van der Waals surface area (Å²) in [5, 5.41) is 14.0. The number of pyridine rings is 1. The molecule has 0 atom stereocenters. The van der Waals surface area contributed by atoms with Crippen molar-refractivity contribution in [2.24, 2.45) is 7.05 Å². The summed E-state index contributed by atoms with van der Waals surface area (Å²) in [6.45, 7) is 4.20. The number of nitrogens with zero attached hydrogens (tertiary/aromatic N) is 3. The Bertz CT molecular complexity index is 1440. The predicted octanol–water partition coefficient (Wildman–Crippen LogP) is 5.04. The van der Waals surface area contributed by atoms with Gasteiger partial charge in [-0.1, -0.05) is 24.3 Å². The molecule has 5 rings (SSSR count). The van der Waals surface area contributed by atoms with E-state index in [9.17, 15) is 9.59 Å². The maximum absolute atomic E-state index is 13.2. The summed E-state index contributed by atoms with van der Waals surface area (Å²) in [7, 11) is 1.86. The number of rotatable bonds is 6. The van der Waals surface area contributed by atoms with Crippen molar-refractivity contribution in [2.45, 2.75) is 39.2 Å². The van der Waals surface area contributed by atoms with Crippen LogP contribution in [0.4, 0.5) is 16.2 Å². The van der Waals surface area contributed by atoms with Crippen LogP contribution >= 0.6 is 0 Å². The number of anilines is 2. The van der Waals surface area contributed by atoms with Gasteiger partial charge < -0.3 is 16.0 Å². The van der Waals surface area contributed by atoms with Crippen molar-refractivity contribution in [3.63, 3.8) is 0 Å². The van der Waals surface area contributed by atoms with Crippen molar-refractivity contribution in [1.82, 2.24) is 20.1 Å². The number of aryl methyl sites for hydroxylation is 3. The molecule has 0 unspecified atom stereocenters. The van der Waals surface area contributed by atoms with Gasteiger partial charge in [-0.25, -0.2) is 9.78 Å². The van der Waals surface area contributed by atoms with E-state index in [0.29, 0.717) is 23.7 Å². The highest BCUT2D eigenvalue weighted by Crippen LogP contribution is 2.40. The number of fused-ring (bicyclic) bond motifs is 1. The first-order valence-corrected chi connectivity index (χ1v) is 11.7. The quantitative estimate of drug-likeness (QED) is 0.369. The number of urea groups is 1. The molecular weight excluding hydrogens is 440 g/mol. The molecule has 3 amide bonds. The lowest BCUT2D eigenvalue weighted by Gasteiger charge is -2.11. The fourth-order valence-electron chi connectivity index (χ4n) is 4.28. The molecule has 1 aliphatic rings. The monoisotopic (exact) mass is 468 g/mol. The first-order valence-electron chi connectivity index (χ1n) is 11.7. The number of carbonyl (C=O) groups is 2. The lowest BCUT2D eigenvalue weighted by Crippen LogP contribution is -2.24. The van der Waals surface area contributed by atoms with Crippen molar-refractivity contribution in [1.29, 1.82) is 0 Å². The molecule has 0 radical (unpaired) electrons. The molecular formula is C27H28N6O2. The standard InChI is InChI=1S/C27H28N6O2/c1-16-6-4-8-20(12-16)29-27(35)30-21-9-5-7-18(13-21)15-28-26(34)22-14-23(19-10-11-19)31-25-24(22)17(2)32-33(25)3/h4-9,12-14,19H,10-11,15H2,1-3H3,(H,28,34)(H2,29,30,35). The Hall–Kier alpha value is -4.20. The summed E-state index contributed by atoms with van der Waals surface area (Å²) >= 11 is 0. The Morgan fingerprint density at radius 3 is 2.43 bits per heavy atom. The molecule has 8 heteroatoms. The van der Waals surface area contributed by atoms with Crippen LogP contribution in [-0.2, 0) is 13.6 Å². The van der Waals surface area contributed by atoms with Crippen LogP contribution in [-0.4, -0.2) is 26.7 Å². The second kappa shape index (κ2) is 9.21.